The van der Waals surface area contributed by atoms with Gasteiger partial charge in [-0.15, -0.1) is 0 Å². The van der Waals surface area contributed by atoms with Crippen molar-refractivity contribution in [2.75, 3.05) is 13.1 Å². The molecule has 0 radical (unpaired) electrons. The van der Waals surface area contributed by atoms with Crippen LogP contribution in [0, 0.1) is 5.82 Å². The second-order valence-electron chi connectivity index (χ2n) is 5.90. The molecule has 1 N–H and O–H groups in total. The number of hydrogen-bond donors (Lipinski definition) is 1. The minimum Gasteiger partial charge on any atom is -0.341 e. The molecule has 1 aliphatic rings. The maximum atomic E-state index is 13.3. The fraction of sp³-hybridized carbons (Fsp3) is 0.588. The Kier molecular flexibility index (Phi) is 5.74. The minimum absolute atomic E-state index is 0.0494. The summed E-state index contributed by atoms with van der Waals surface area (Å²) in [6, 6.07) is 6.23. The van der Waals surface area contributed by atoms with Crippen molar-refractivity contribution in [2.45, 2.75) is 51.6 Å². The van der Waals surface area contributed by atoms with Crippen molar-refractivity contribution in [1.82, 2.24) is 10.2 Å². The van der Waals surface area contributed by atoms with Crippen LogP contribution in [0.2, 0.25) is 0 Å². The standard InChI is InChI=1S/C17H25FN2O/c1-13(15-8-7-9-16(18)12-15)19-14(2)17(21)20-10-5-3-4-6-11-20/h7-9,12-14,19H,3-6,10-11H2,1-2H3/t13-,14?/m1/s1. The van der Waals surface area contributed by atoms with E-state index in [9.17, 15) is 9.18 Å². The topological polar surface area (TPSA) is 32.3 Å². The van der Waals surface area contributed by atoms with Crippen molar-refractivity contribution >= 4 is 5.91 Å². The van der Waals surface area contributed by atoms with Gasteiger partial charge in [0.1, 0.15) is 5.82 Å². The Morgan fingerprint density at radius 2 is 1.86 bits per heavy atom. The Hall–Kier alpha value is -1.42. The largest absolute Gasteiger partial charge is 0.341 e. The highest BCUT2D eigenvalue weighted by atomic mass is 19.1. The first-order valence-corrected chi connectivity index (χ1v) is 7.88. The van der Waals surface area contributed by atoms with Crippen LogP contribution in [-0.2, 0) is 4.79 Å². The highest BCUT2D eigenvalue weighted by molar-refractivity contribution is 5.81. The van der Waals surface area contributed by atoms with Crippen molar-refractivity contribution < 1.29 is 9.18 Å². The van der Waals surface area contributed by atoms with E-state index in [1.54, 1.807) is 6.07 Å². The lowest BCUT2D eigenvalue weighted by Gasteiger charge is -2.27. The van der Waals surface area contributed by atoms with Gasteiger partial charge in [0.25, 0.3) is 0 Å². The molecule has 1 saturated heterocycles. The van der Waals surface area contributed by atoms with E-state index in [0.717, 1.165) is 31.5 Å². The molecule has 1 aromatic carbocycles. The van der Waals surface area contributed by atoms with E-state index in [1.807, 2.05) is 24.8 Å². The summed E-state index contributed by atoms with van der Waals surface area (Å²) >= 11 is 0. The summed E-state index contributed by atoms with van der Waals surface area (Å²) in [5.74, 6) is -0.0900. The van der Waals surface area contributed by atoms with Gasteiger partial charge in [-0.05, 0) is 44.4 Å². The molecule has 4 heteroatoms. The maximum absolute atomic E-state index is 13.3. The Labute approximate surface area is 126 Å². The lowest BCUT2D eigenvalue weighted by atomic mass is 10.1. The van der Waals surface area contributed by atoms with E-state index in [-0.39, 0.29) is 23.8 Å². The zero-order chi connectivity index (χ0) is 15.2. The van der Waals surface area contributed by atoms with E-state index in [1.165, 1.54) is 25.0 Å². The lowest BCUT2D eigenvalue weighted by molar-refractivity contribution is -0.133. The molecule has 0 saturated carbocycles. The van der Waals surface area contributed by atoms with E-state index >= 15 is 0 Å². The van der Waals surface area contributed by atoms with Crippen molar-refractivity contribution in [1.29, 1.82) is 0 Å². The number of halogens is 1. The van der Waals surface area contributed by atoms with E-state index in [2.05, 4.69) is 5.32 Å². The van der Waals surface area contributed by atoms with Gasteiger partial charge in [-0.1, -0.05) is 25.0 Å². The number of rotatable bonds is 4. The first-order valence-electron chi connectivity index (χ1n) is 7.88. The molecule has 0 aliphatic carbocycles. The smallest absolute Gasteiger partial charge is 0.239 e. The summed E-state index contributed by atoms with van der Waals surface area (Å²) in [6.07, 6.45) is 4.62. The summed E-state index contributed by atoms with van der Waals surface area (Å²) in [5, 5.41) is 3.28. The van der Waals surface area contributed by atoms with Gasteiger partial charge in [0, 0.05) is 19.1 Å². The third-order valence-electron chi connectivity index (χ3n) is 4.14. The molecule has 0 spiro atoms. The molecule has 1 heterocycles. The summed E-state index contributed by atoms with van der Waals surface area (Å²) in [7, 11) is 0. The van der Waals surface area contributed by atoms with Crippen LogP contribution in [0.3, 0.4) is 0 Å². The molecule has 1 aromatic rings. The SMILES string of the molecule is CC(N[C@H](C)c1cccc(F)c1)C(=O)N1CCCCCC1. The molecule has 0 aromatic heterocycles. The summed E-state index contributed by atoms with van der Waals surface area (Å²) in [5.41, 5.74) is 0.866. The molecule has 0 bridgehead atoms. The molecule has 2 atom stereocenters. The molecule has 116 valence electrons. The van der Waals surface area contributed by atoms with Gasteiger partial charge in [0.15, 0.2) is 0 Å². The van der Waals surface area contributed by atoms with Crippen LogP contribution in [0.15, 0.2) is 24.3 Å². The first-order chi connectivity index (χ1) is 10.1. The summed E-state index contributed by atoms with van der Waals surface area (Å²) in [4.78, 5) is 14.4. The summed E-state index contributed by atoms with van der Waals surface area (Å²) < 4.78 is 13.3. The Morgan fingerprint density at radius 1 is 1.19 bits per heavy atom. The van der Waals surface area contributed by atoms with Gasteiger partial charge in [0.05, 0.1) is 6.04 Å². The second kappa shape index (κ2) is 7.55. The fourth-order valence-electron chi connectivity index (χ4n) is 2.88. The third-order valence-corrected chi connectivity index (χ3v) is 4.14. The molecule has 21 heavy (non-hydrogen) atoms. The van der Waals surface area contributed by atoms with Crippen LogP contribution in [-0.4, -0.2) is 29.9 Å². The van der Waals surface area contributed by atoms with E-state index < -0.39 is 0 Å². The second-order valence-corrected chi connectivity index (χ2v) is 5.90. The number of benzene rings is 1. The molecule has 1 fully saturated rings. The number of nitrogens with zero attached hydrogens (tertiary/aromatic N) is 1. The minimum atomic E-state index is -0.249. The highest BCUT2D eigenvalue weighted by Crippen LogP contribution is 2.16. The molecule has 1 aliphatic heterocycles. The average Bonchev–Trinajstić information content (AvgIpc) is 2.75. The first kappa shape index (κ1) is 16.0. The summed E-state index contributed by atoms with van der Waals surface area (Å²) in [6.45, 7) is 5.57. The van der Waals surface area contributed by atoms with Crippen molar-refractivity contribution in [3.63, 3.8) is 0 Å². The third kappa shape index (κ3) is 4.53. The van der Waals surface area contributed by atoms with Crippen LogP contribution in [0.1, 0.15) is 51.1 Å². The molecular weight excluding hydrogens is 267 g/mol. The Morgan fingerprint density at radius 3 is 2.48 bits per heavy atom. The quantitative estimate of drug-likeness (QED) is 0.923. The molecule has 1 unspecified atom stereocenters. The van der Waals surface area contributed by atoms with Crippen LogP contribution in [0.25, 0.3) is 0 Å². The van der Waals surface area contributed by atoms with Crippen LogP contribution in [0.4, 0.5) is 4.39 Å². The highest BCUT2D eigenvalue weighted by Gasteiger charge is 2.22. The van der Waals surface area contributed by atoms with Crippen LogP contribution < -0.4 is 5.32 Å². The van der Waals surface area contributed by atoms with Crippen molar-refractivity contribution in [2.24, 2.45) is 0 Å². The number of hydrogen-bond acceptors (Lipinski definition) is 2. The lowest BCUT2D eigenvalue weighted by Crippen LogP contribution is -2.45. The number of likely N-dealkylation sites (tertiary alicyclic amines) is 1. The number of carbonyl (C=O) groups excluding carboxylic acids is 1. The van der Waals surface area contributed by atoms with Crippen LogP contribution >= 0.6 is 0 Å². The molecule has 3 nitrogen and oxygen atoms in total. The normalized spacial score (nSPS) is 18.9. The van der Waals surface area contributed by atoms with Gasteiger partial charge >= 0.3 is 0 Å². The fourth-order valence-corrected chi connectivity index (χ4v) is 2.88. The number of carbonyl (C=O) groups is 1. The predicted octanol–water partition coefficient (Wildman–Crippen LogP) is 3.27. The molecular formula is C17H25FN2O. The molecule has 1 amide bonds. The van der Waals surface area contributed by atoms with E-state index in [4.69, 9.17) is 0 Å². The zero-order valence-electron chi connectivity index (χ0n) is 12.9. The van der Waals surface area contributed by atoms with Crippen molar-refractivity contribution in [3.8, 4) is 0 Å². The van der Waals surface area contributed by atoms with Crippen molar-refractivity contribution in [3.05, 3.63) is 35.6 Å². The zero-order valence-corrected chi connectivity index (χ0v) is 12.9. The van der Waals surface area contributed by atoms with Gasteiger partial charge in [0.2, 0.25) is 5.91 Å². The number of nitrogens with one attached hydrogen (secondary N) is 1. The van der Waals surface area contributed by atoms with Gasteiger partial charge < -0.3 is 4.90 Å². The number of amides is 1. The van der Waals surface area contributed by atoms with Gasteiger partial charge in [-0.3, -0.25) is 10.1 Å². The monoisotopic (exact) mass is 292 g/mol. The maximum Gasteiger partial charge on any atom is 0.239 e. The Balaban J connectivity index is 1.93. The Bertz CT molecular complexity index is 470. The van der Waals surface area contributed by atoms with Crippen LogP contribution in [0.5, 0.6) is 0 Å². The van der Waals surface area contributed by atoms with Gasteiger partial charge in [-0.2, -0.15) is 0 Å². The van der Waals surface area contributed by atoms with E-state index in [0.29, 0.717) is 0 Å². The predicted molar refractivity (Wildman–Crippen MR) is 82.5 cm³/mol. The average molecular weight is 292 g/mol. The van der Waals surface area contributed by atoms with Gasteiger partial charge in [-0.25, -0.2) is 4.39 Å². The molecule has 2 rings (SSSR count).